The molecule has 0 spiro atoms. The second-order valence-electron chi connectivity index (χ2n) is 6.23. The van der Waals surface area contributed by atoms with Gasteiger partial charge in [-0.2, -0.15) is 0 Å². The third-order valence-corrected chi connectivity index (χ3v) is 4.50. The second-order valence-corrected chi connectivity index (χ2v) is 6.23. The normalized spacial score (nSPS) is 11.1. The minimum Gasteiger partial charge on any atom is -0.496 e. The Kier molecular flexibility index (Phi) is 4.48. The monoisotopic (exact) mass is 378 g/mol. The molecule has 0 saturated carbocycles. The molecule has 0 aliphatic rings. The van der Waals surface area contributed by atoms with Crippen LogP contribution in [-0.2, 0) is 17.9 Å². The van der Waals surface area contributed by atoms with Gasteiger partial charge in [-0.15, -0.1) is 10.2 Å². The van der Waals surface area contributed by atoms with Gasteiger partial charge in [0.2, 0.25) is 11.6 Å². The standard InChI is InChI=1S/C19H18N6O3/c1-12-22-23-18-19(27)24(14-7-5-9-20-17(14)25(12)18)11-16(26)21-10-13-6-3-4-8-15(13)28-2/h3-9H,10-11H2,1-2H3,(H,21,26). The first-order valence-electron chi connectivity index (χ1n) is 8.68. The van der Waals surface area contributed by atoms with Crippen LogP contribution < -0.4 is 15.6 Å². The van der Waals surface area contributed by atoms with Crippen molar-refractivity contribution in [3.8, 4) is 5.75 Å². The van der Waals surface area contributed by atoms with E-state index in [1.54, 1.807) is 36.8 Å². The first-order chi connectivity index (χ1) is 13.6. The van der Waals surface area contributed by atoms with Crippen LogP contribution in [0.3, 0.4) is 0 Å². The van der Waals surface area contributed by atoms with Gasteiger partial charge >= 0.3 is 0 Å². The summed E-state index contributed by atoms with van der Waals surface area (Å²) in [7, 11) is 1.58. The molecule has 0 aliphatic carbocycles. The first kappa shape index (κ1) is 17.7. The highest BCUT2D eigenvalue weighted by Crippen LogP contribution is 2.17. The van der Waals surface area contributed by atoms with Gasteiger partial charge in [-0.25, -0.2) is 4.98 Å². The van der Waals surface area contributed by atoms with E-state index < -0.39 is 5.56 Å². The number of hydrogen-bond acceptors (Lipinski definition) is 6. The van der Waals surface area contributed by atoms with E-state index in [-0.39, 0.29) is 18.1 Å². The molecule has 28 heavy (non-hydrogen) atoms. The van der Waals surface area contributed by atoms with Gasteiger partial charge in [0.25, 0.3) is 5.56 Å². The van der Waals surface area contributed by atoms with Crippen molar-refractivity contribution in [1.82, 2.24) is 29.5 Å². The van der Waals surface area contributed by atoms with E-state index in [0.717, 1.165) is 5.56 Å². The van der Waals surface area contributed by atoms with E-state index in [1.165, 1.54) is 4.57 Å². The highest BCUT2D eigenvalue weighted by atomic mass is 16.5. The van der Waals surface area contributed by atoms with Crippen LogP contribution >= 0.6 is 0 Å². The summed E-state index contributed by atoms with van der Waals surface area (Å²) in [6, 6.07) is 10.9. The second kappa shape index (κ2) is 7.10. The van der Waals surface area contributed by atoms with Gasteiger partial charge in [0, 0.05) is 18.3 Å². The van der Waals surface area contributed by atoms with Gasteiger partial charge in [0.1, 0.15) is 18.1 Å². The maximum atomic E-state index is 12.9. The topological polar surface area (TPSA) is 103 Å². The molecule has 1 aromatic carbocycles. The highest BCUT2D eigenvalue weighted by molar-refractivity contribution is 5.80. The average Bonchev–Trinajstić information content (AvgIpc) is 3.11. The number of carbonyl (C=O) groups excluding carboxylic acids is 1. The van der Waals surface area contributed by atoms with Gasteiger partial charge in [0.05, 0.1) is 12.6 Å². The predicted octanol–water partition coefficient (Wildman–Crippen LogP) is 1.07. The number of nitrogens with zero attached hydrogens (tertiary/aromatic N) is 5. The predicted molar refractivity (Wildman–Crippen MR) is 102 cm³/mol. The molecule has 4 rings (SSSR count). The molecule has 4 aromatic rings. The number of amides is 1. The Labute approximate surface area is 159 Å². The molecule has 9 heteroatoms. The van der Waals surface area contributed by atoms with Gasteiger partial charge < -0.3 is 10.1 Å². The van der Waals surface area contributed by atoms with Crippen LogP contribution in [0.15, 0.2) is 47.4 Å². The molecule has 0 aliphatic heterocycles. The highest BCUT2D eigenvalue weighted by Gasteiger charge is 2.17. The zero-order valence-electron chi connectivity index (χ0n) is 15.4. The number of hydrogen-bond donors (Lipinski definition) is 1. The molecule has 3 heterocycles. The zero-order valence-corrected chi connectivity index (χ0v) is 15.4. The summed E-state index contributed by atoms with van der Waals surface area (Å²) in [5.74, 6) is 0.942. The van der Waals surface area contributed by atoms with E-state index in [4.69, 9.17) is 4.74 Å². The molecule has 0 unspecified atom stereocenters. The number of carbonyl (C=O) groups is 1. The molecule has 0 saturated heterocycles. The van der Waals surface area contributed by atoms with Crippen molar-refractivity contribution in [2.45, 2.75) is 20.0 Å². The summed E-state index contributed by atoms with van der Waals surface area (Å²) < 4.78 is 8.25. The van der Waals surface area contributed by atoms with Crippen LogP contribution in [0.5, 0.6) is 5.75 Å². The number of aromatic nitrogens is 5. The van der Waals surface area contributed by atoms with Gasteiger partial charge in [0.15, 0.2) is 5.65 Å². The fraction of sp³-hybridized carbons (Fsp3) is 0.211. The lowest BCUT2D eigenvalue weighted by atomic mass is 10.2. The molecule has 142 valence electrons. The maximum absolute atomic E-state index is 12.9. The molecule has 1 N–H and O–H groups in total. The Hall–Kier alpha value is -3.75. The lowest BCUT2D eigenvalue weighted by Gasteiger charge is -2.12. The van der Waals surface area contributed by atoms with Crippen LogP contribution in [0.2, 0.25) is 0 Å². The SMILES string of the molecule is COc1ccccc1CNC(=O)Cn1c(=O)c2nnc(C)n2c2ncccc21. The Balaban J connectivity index is 1.66. The molecule has 1 amide bonds. The van der Waals surface area contributed by atoms with Crippen molar-refractivity contribution in [3.63, 3.8) is 0 Å². The smallest absolute Gasteiger partial charge is 0.297 e. The number of ether oxygens (including phenoxy) is 1. The van der Waals surface area contributed by atoms with Crippen LogP contribution in [0.1, 0.15) is 11.4 Å². The fourth-order valence-corrected chi connectivity index (χ4v) is 3.16. The van der Waals surface area contributed by atoms with Crippen molar-refractivity contribution in [1.29, 1.82) is 0 Å². The molecule has 0 fully saturated rings. The summed E-state index contributed by atoms with van der Waals surface area (Å²) in [5.41, 5.74) is 1.66. The largest absolute Gasteiger partial charge is 0.496 e. The summed E-state index contributed by atoms with van der Waals surface area (Å²) in [5, 5.41) is 10.7. The Morgan fingerprint density at radius 1 is 1.14 bits per heavy atom. The quantitative estimate of drug-likeness (QED) is 0.557. The van der Waals surface area contributed by atoms with Gasteiger partial charge in [-0.1, -0.05) is 18.2 Å². The van der Waals surface area contributed by atoms with E-state index in [9.17, 15) is 9.59 Å². The lowest BCUT2D eigenvalue weighted by Crippen LogP contribution is -2.33. The molecule has 9 nitrogen and oxygen atoms in total. The Morgan fingerprint density at radius 2 is 1.96 bits per heavy atom. The molecule has 0 bridgehead atoms. The van der Waals surface area contributed by atoms with Crippen molar-refractivity contribution < 1.29 is 9.53 Å². The van der Waals surface area contributed by atoms with E-state index >= 15 is 0 Å². The Bertz CT molecular complexity index is 1240. The lowest BCUT2D eigenvalue weighted by molar-refractivity contribution is -0.121. The number of fused-ring (bicyclic) bond motifs is 3. The number of nitrogens with one attached hydrogen (secondary N) is 1. The third-order valence-electron chi connectivity index (χ3n) is 4.50. The maximum Gasteiger partial charge on any atom is 0.297 e. The van der Waals surface area contributed by atoms with Crippen LogP contribution in [-0.4, -0.2) is 37.2 Å². The fourth-order valence-electron chi connectivity index (χ4n) is 3.16. The van der Waals surface area contributed by atoms with Crippen molar-refractivity contribution in [2.24, 2.45) is 0 Å². The molecule has 0 atom stereocenters. The van der Waals surface area contributed by atoms with E-state index in [0.29, 0.717) is 29.3 Å². The third kappa shape index (κ3) is 2.96. The molecule has 3 aromatic heterocycles. The average molecular weight is 378 g/mol. The number of pyridine rings is 1. The van der Waals surface area contributed by atoms with Crippen LogP contribution in [0.4, 0.5) is 0 Å². The molecule has 0 radical (unpaired) electrons. The van der Waals surface area contributed by atoms with Gasteiger partial charge in [-0.05, 0) is 25.1 Å². The summed E-state index contributed by atoms with van der Waals surface area (Å²) in [4.78, 5) is 29.8. The number of rotatable bonds is 5. The van der Waals surface area contributed by atoms with E-state index in [1.807, 2.05) is 24.3 Å². The summed E-state index contributed by atoms with van der Waals surface area (Å²) in [6.45, 7) is 1.89. The summed E-state index contributed by atoms with van der Waals surface area (Å²) >= 11 is 0. The van der Waals surface area contributed by atoms with Crippen molar-refractivity contribution in [3.05, 3.63) is 64.3 Å². The summed E-state index contributed by atoms with van der Waals surface area (Å²) in [6.07, 6.45) is 1.62. The van der Waals surface area contributed by atoms with Crippen LogP contribution in [0, 0.1) is 6.92 Å². The number of methoxy groups -OCH3 is 1. The van der Waals surface area contributed by atoms with E-state index in [2.05, 4.69) is 20.5 Å². The number of para-hydroxylation sites is 1. The van der Waals surface area contributed by atoms with Crippen molar-refractivity contribution >= 4 is 22.7 Å². The number of aryl methyl sites for hydroxylation is 1. The molecular formula is C19H18N6O3. The minimum absolute atomic E-state index is 0.140. The van der Waals surface area contributed by atoms with Crippen LogP contribution in [0.25, 0.3) is 16.8 Å². The first-order valence-corrected chi connectivity index (χ1v) is 8.68. The van der Waals surface area contributed by atoms with Gasteiger partial charge in [-0.3, -0.25) is 18.6 Å². The Morgan fingerprint density at radius 3 is 2.79 bits per heavy atom. The minimum atomic E-state index is -0.395. The zero-order chi connectivity index (χ0) is 19.7. The van der Waals surface area contributed by atoms with Crippen molar-refractivity contribution in [2.75, 3.05) is 7.11 Å². The number of benzene rings is 1. The molecular weight excluding hydrogens is 360 g/mol.